The fourth-order valence-corrected chi connectivity index (χ4v) is 1.41. The molecule has 0 saturated heterocycles. The zero-order valence-electron chi connectivity index (χ0n) is 9.40. The Morgan fingerprint density at radius 2 is 2.25 bits per heavy atom. The van der Waals surface area contributed by atoms with Crippen LogP contribution in [-0.2, 0) is 0 Å². The van der Waals surface area contributed by atoms with Gasteiger partial charge in [0.05, 0.1) is 11.6 Å². The highest BCUT2D eigenvalue weighted by molar-refractivity contribution is 5.97. The Balaban J connectivity index is 3.00. The van der Waals surface area contributed by atoms with Gasteiger partial charge in [0.25, 0.3) is 5.91 Å². The number of aromatic hydroxyl groups is 1. The first-order valence-corrected chi connectivity index (χ1v) is 5.06. The van der Waals surface area contributed by atoms with Crippen molar-refractivity contribution < 1.29 is 9.90 Å². The maximum absolute atomic E-state index is 11.9. The predicted octanol–water partition coefficient (Wildman–Crippen LogP) is 1.69. The van der Waals surface area contributed by atoms with Gasteiger partial charge in [0.15, 0.2) is 0 Å². The number of carbonyl (C=O) groups excluding carboxylic acids is 1. The number of hydrogen-bond acceptors (Lipinski definition) is 3. The first kappa shape index (κ1) is 12.1. The fraction of sp³-hybridized carbons (Fsp3) is 0.333. The summed E-state index contributed by atoms with van der Waals surface area (Å²) in [5.74, 6) is -0.358. The van der Waals surface area contributed by atoms with Crippen molar-refractivity contribution in [3.63, 3.8) is 0 Å². The molecule has 0 bridgehead atoms. The summed E-state index contributed by atoms with van der Waals surface area (Å²) in [5.41, 5.74) is 1.13. The molecule has 1 aromatic rings. The number of nitriles is 1. The van der Waals surface area contributed by atoms with Crippen LogP contribution in [0, 0.1) is 18.3 Å². The largest absolute Gasteiger partial charge is 0.507 e. The number of phenolic OH excluding ortho intramolecular Hbond substituents is 1. The van der Waals surface area contributed by atoms with Crippen LogP contribution in [0.15, 0.2) is 18.2 Å². The van der Waals surface area contributed by atoms with Crippen LogP contribution in [0.4, 0.5) is 0 Å². The monoisotopic (exact) mass is 218 g/mol. The number of nitrogens with zero attached hydrogens (tertiary/aromatic N) is 2. The van der Waals surface area contributed by atoms with Crippen molar-refractivity contribution in [3.05, 3.63) is 29.3 Å². The van der Waals surface area contributed by atoms with E-state index in [0.29, 0.717) is 6.54 Å². The van der Waals surface area contributed by atoms with Crippen molar-refractivity contribution in [2.75, 3.05) is 13.1 Å². The summed E-state index contributed by atoms with van der Waals surface area (Å²) in [5, 5.41) is 18.2. The molecule has 0 unspecified atom stereocenters. The van der Waals surface area contributed by atoms with Gasteiger partial charge in [0, 0.05) is 6.54 Å². The Hall–Kier alpha value is -2.02. The van der Waals surface area contributed by atoms with Crippen molar-refractivity contribution in [1.29, 1.82) is 5.26 Å². The Kier molecular flexibility index (Phi) is 3.90. The standard InChI is InChI=1S/C12H14N2O2/c1-3-14(7-6-13)12(16)10-5-4-9(2)8-11(10)15/h4-5,8,15H,3,7H2,1-2H3. The summed E-state index contributed by atoms with van der Waals surface area (Å²) in [6, 6.07) is 6.79. The second-order valence-corrected chi connectivity index (χ2v) is 3.50. The van der Waals surface area contributed by atoms with Crippen LogP contribution < -0.4 is 0 Å². The molecule has 0 heterocycles. The molecular weight excluding hydrogens is 204 g/mol. The van der Waals surface area contributed by atoms with E-state index in [-0.39, 0.29) is 23.8 Å². The molecule has 0 aliphatic heterocycles. The maximum atomic E-state index is 11.9. The summed E-state index contributed by atoms with van der Waals surface area (Å²) >= 11 is 0. The first-order valence-electron chi connectivity index (χ1n) is 5.06. The number of carbonyl (C=O) groups is 1. The number of aryl methyl sites for hydroxylation is 1. The summed E-state index contributed by atoms with van der Waals surface area (Å²) in [6.45, 7) is 4.10. The highest BCUT2D eigenvalue weighted by Crippen LogP contribution is 2.20. The van der Waals surface area contributed by atoms with E-state index in [1.54, 1.807) is 19.1 Å². The van der Waals surface area contributed by atoms with E-state index in [1.165, 1.54) is 11.0 Å². The third kappa shape index (κ3) is 2.51. The topological polar surface area (TPSA) is 64.3 Å². The molecule has 0 saturated carbocycles. The minimum Gasteiger partial charge on any atom is -0.507 e. The zero-order chi connectivity index (χ0) is 12.1. The second kappa shape index (κ2) is 5.17. The number of phenols is 1. The van der Waals surface area contributed by atoms with Gasteiger partial charge in [-0.05, 0) is 31.5 Å². The van der Waals surface area contributed by atoms with Gasteiger partial charge in [0.2, 0.25) is 0 Å². The van der Waals surface area contributed by atoms with Crippen LogP contribution in [0.3, 0.4) is 0 Å². The van der Waals surface area contributed by atoms with Crippen molar-refractivity contribution in [1.82, 2.24) is 4.90 Å². The van der Waals surface area contributed by atoms with Gasteiger partial charge in [-0.15, -0.1) is 0 Å². The van der Waals surface area contributed by atoms with Gasteiger partial charge in [-0.25, -0.2) is 0 Å². The number of rotatable bonds is 3. The first-order chi connectivity index (χ1) is 7.60. The third-order valence-corrected chi connectivity index (χ3v) is 2.31. The number of benzene rings is 1. The average molecular weight is 218 g/mol. The molecule has 0 aliphatic carbocycles. The molecule has 1 N–H and O–H groups in total. The lowest BCUT2D eigenvalue weighted by Gasteiger charge is -2.17. The summed E-state index contributed by atoms with van der Waals surface area (Å²) in [4.78, 5) is 13.3. The molecule has 1 amide bonds. The lowest BCUT2D eigenvalue weighted by molar-refractivity contribution is 0.0781. The van der Waals surface area contributed by atoms with Gasteiger partial charge < -0.3 is 10.0 Å². The van der Waals surface area contributed by atoms with Crippen molar-refractivity contribution in [2.24, 2.45) is 0 Å². The third-order valence-electron chi connectivity index (χ3n) is 2.31. The van der Waals surface area contributed by atoms with Gasteiger partial charge in [-0.3, -0.25) is 4.79 Å². The SMILES string of the molecule is CCN(CC#N)C(=O)c1ccc(C)cc1O. The van der Waals surface area contributed by atoms with Gasteiger partial charge >= 0.3 is 0 Å². The highest BCUT2D eigenvalue weighted by Gasteiger charge is 2.16. The quantitative estimate of drug-likeness (QED) is 0.785. The molecule has 16 heavy (non-hydrogen) atoms. The average Bonchev–Trinajstić information content (AvgIpc) is 2.25. The molecule has 84 valence electrons. The summed E-state index contributed by atoms with van der Waals surface area (Å²) in [7, 11) is 0. The molecule has 1 rings (SSSR count). The van der Waals surface area contributed by atoms with Crippen molar-refractivity contribution >= 4 is 5.91 Å². The van der Waals surface area contributed by atoms with Crippen LogP contribution in [-0.4, -0.2) is 29.0 Å². The van der Waals surface area contributed by atoms with Gasteiger partial charge in [0.1, 0.15) is 12.3 Å². The maximum Gasteiger partial charge on any atom is 0.258 e. The molecule has 0 atom stereocenters. The molecule has 1 aromatic carbocycles. The molecule has 0 spiro atoms. The highest BCUT2D eigenvalue weighted by atomic mass is 16.3. The minimum atomic E-state index is -0.318. The Morgan fingerprint density at radius 1 is 1.56 bits per heavy atom. The van der Waals surface area contributed by atoms with E-state index in [2.05, 4.69) is 0 Å². The molecule has 0 aromatic heterocycles. The second-order valence-electron chi connectivity index (χ2n) is 3.50. The Bertz CT molecular complexity index is 435. The lowest BCUT2D eigenvalue weighted by Crippen LogP contribution is -2.31. The van der Waals surface area contributed by atoms with E-state index in [4.69, 9.17) is 5.26 Å². The normalized spacial score (nSPS) is 9.56. The van der Waals surface area contributed by atoms with E-state index in [1.807, 2.05) is 13.0 Å². The smallest absolute Gasteiger partial charge is 0.258 e. The Labute approximate surface area is 94.7 Å². The zero-order valence-corrected chi connectivity index (χ0v) is 9.40. The molecule has 4 nitrogen and oxygen atoms in total. The van der Waals surface area contributed by atoms with Crippen molar-refractivity contribution in [2.45, 2.75) is 13.8 Å². The molecule has 4 heteroatoms. The number of amides is 1. The van der Waals surface area contributed by atoms with E-state index in [9.17, 15) is 9.90 Å². The summed E-state index contributed by atoms with van der Waals surface area (Å²) < 4.78 is 0. The van der Waals surface area contributed by atoms with Crippen LogP contribution in [0.1, 0.15) is 22.8 Å². The molecule has 0 aliphatic rings. The van der Waals surface area contributed by atoms with Crippen LogP contribution in [0.2, 0.25) is 0 Å². The van der Waals surface area contributed by atoms with Crippen LogP contribution in [0.5, 0.6) is 5.75 Å². The predicted molar refractivity (Wildman–Crippen MR) is 60.0 cm³/mol. The lowest BCUT2D eigenvalue weighted by atomic mass is 10.1. The molecule has 0 fully saturated rings. The van der Waals surface area contributed by atoms with E-state index >= 15 is 0 Å². The Morgan fingerprint density at radius 3 is 2.75 bits per heavy atom. The molecular formula is C12H14N2O2. The van der Waals surface area contributed by atoms with Gasteiger partial charge in [-0.1, -0.05) is 6.07 Å². The van der Waals surface area contributed by atoms with Crippen LogP contribution in [0.25, 0.3) is 0 Å². The number of hydrogen-bond donors (Lipinski definition) is 1. The van der Waals surface area contributed by atoms with Gasteiger partial charge in [-0.2, -0.15) is 5.26 Å². The minimum absolute atomic E-state index is 0.0304. The summed E-state index contributed by atoms with van der Waals surface area (Å²) in [6.07, 6.45) is 0. The van der Waals surface area contributed by atoms with E-state index < -0.39 is 0 Å². The van der Waals surface area contributed by atoms with Crippen molar-refractivity contribution in [3.8, 4) is 11.8 Å². The fourth-order valence-electron chi connectivity index (χ4n) is 1.41. The van der Waals surface area contributed by atoms with E-state index in [0.717, 1.165) is 5.56 Å². The molecule has 0 radical (unpaired) electrons. The van der Waals surface area contributed by atoms with Crippen LogP contribution >= 0.6 is 0 Å².